The van der Waals surface area contributed by atoms with Crippen LogP contribution in [0.4, 0.5) is 5.69 Å². The lowest BCUT2D eigenvalue weighted by Gasteiger charge is -2.08. The van der Waals surface area contributed by atoms with Gasteiger partial charge in [0.2, 0.25) is 0 Å². The van der Waals surface area contributed by atoms with Gasteiger partial charge in [0.05, 0.1) is 19.4 Å². The molecule has 0 amide bonds. The minimum atomic E-state index is -0.241. The van der Waals surface area contributed by atoms with E-state index < -0.39 is 0 Å². The fraction of sp³-hybridized carbons (Fsp3) is 0.200. The quantitative estimate of drug-likeness (QED) is 0.852. The lowest BCUT2D eigenvalue weighted by atomic mass is 10.1. The number of aryl methyl sites for hydroxylation is 1. The van der Waals surface area contributed by atoms with Gasteiger partial charge in [-0.1, -0.05) is 11.6 Å². The molecule has 2 N–H and O–H groups in total. The van der Waals surface area contributed by atoms with E-state index in [4.69, 9.17) is 16.3 Å². The van der Waals surface area contributed by atoms with Crippen molar-refractivity contribution in [3.8, 4) is 11.5 Å². The van der Waals surface area contributed by atoms with Gasteiger partial charge in [0.15, 0.2) is 0 Å². The summed E-state index contributed by atoms with van der Waals surface area (Å²) < 4.78 is 5.20. The highest BCUT2D eigenvalue weighted by atomic mass is 35.5. The third-order valence-electron chi connectivity index (χ3n) is 3.00. The second-order valence-corrected chi connectivity index (χ2v) is 4.80. The van der Waals surface area contributed by atoms with Crippen LogP contribution in [0.3, 0.4) is 0 Å². The SMILES string of the molecule is COc1ccc(Cl)cc1N=Cc1c(CO)cnc(C)c1O. The maximum absolute atomic E-state index is 10.0. The van der Waals surface area contributed by atoms with Crippen molar-refractivity contribution in [3.05, 3.63) is 46.2 Å². The van der Waals surface area contributed by atoms with Gasteiger partial charge in [-0.2, -0.15) is 0 Å². The lowest BCUT2D eigenvalue weighted by molar-refractivity contribution is 0.280. The summed E-state index contributed by atoms with van der Waals surface area (Å²) in [5.41, 5.74) is 1.91. The Kier molecular flexibility index (Phi) is 4.77. The molecule has 0 aliphatic carbocycles. The van der Waals surface area contributed by atoms with E-state index >= 15 is 0 Å². The second-order valence-electron chi connectivity index (χ2n) is 4.36. The molecule has 0 saturated carbocycles. The Hall–Kier alpha value is -2.11. The number of methoxy groups -OCH3 is 1. The summed E-state index contributed by atoms with van der Waals surface area (Å²) in [6.07, 6.45) is 2.97. The Bertz CT molecular complexity index is 687. The third kappa shape index (κ3) is 3.32. The summed E-state index contributed by atoms with van der Waals surface area (Å²) in [6.45, 7) is 1.43. The first kappa shape index (κ1) is 15.3. The molecule has 0 aliphatic heterocycles. The number of aliphatic imine (C=N–C) groups is 1. The predicted octanol–water partition coefficient (Wildman–Crippen LogP) is 3.00. The minimum Gasteiger partial charge on any atom is -0.505 e. The van der Waals surface area contributed by atoms with Crippen LogP contribution in [0.25, 0.3) is 0 Å². The Labute approximate surface area is 127 Å². The number of hydrogen-bond acceptors (Lipinski definition) is 5. The number of ether oxygens (including phenoxy) is 1. The summed E-state index contributed by atoms with van der Waals surface area (Å²) in [7, 11) is 1.54. The third-order valence-corrected chi connectivity index (χ3v) is 3.24. The fourth-order valence-electron chi connectivity index (χ4n) is 1.82. The predicted molar refractivity (Wildman–Crippen MR) is 81.8 cm³/mol. The Morgan fingerprint density at radius 1 is 1.43 bits per heavy atom. The molecule has 0 radical (unpaired) electrons. The maximum Gasteiger partial charge on any atom is 0.145 e. The standard InChI is InChI=1S/C15H15ClN2O3/c1-9-15(20)12(10(8-19)6-17-9)7-18-13-5-11(16)3-4-14(13)21-2/h3-7,19-20H,8H2,1-2H3. The van der Waals surface area contributed by atoms with Crippen LogP contribution in [-0.2, 0) is 6.61 Å². The average molecular weight is 307 g/mol. The van der Waals surface area contributed by atoms with Gasteiger partial charge in [-0.3, -0.25) is 9.98 Å². The number of aromatic hydroxyl groups is 1. The summed E-state index contributed by atoms with van der Waals surface area (Å²) in [6, 6.07) is 5.06. The van der Waals surface area contributed by atoms with Crippen molar-refractivity contribution in [3.63, 3.8) is 0 Å². The largest absolute Gasteiger partial charge is 0.505 e. The van der Waals surface area contributed by atoms with Gasteiger partial charge in [-0.25, -0.2) is 0 Å². The van der Waals surface area contributed by atoms with Crippen molar-refractivity contribution in [2.45, 2.75) is 13.5 Å². The molecule has 0 bridgehead atoms. The summed E-state index contributed by atoms with van der Waals surface area (Å²) in [5, 5.41) is 19.9. The smallest absolute Gasteiger partial charge is 0.145 e. The van der Waals surface area contributed by atoms with E-state index in [1.807, 2.05) is 0 Å². The molecule has 1 aromatic heterocycles. The number of pyridine rings is 1. The average Bonchev–Trinajstić information content (AvgIpc) is 2.49. The molecule has 1 heterocycles. The van der Waals surface area contributed by atoms with Crippen molar-refractivity contribution in [1.29, 1.82) is 0 Å². The van der Waals surface area contributed by atoms with Crippen molar-refractivity contribution in [2.75, 3.05) is 7.11 Å². The van der Waals surface area contributed by atoms with E-state index in [-0.39, 0.29) is 12.4 Å². The molecule has 0 atom stereocenters. The number of benzene rings is 1. The van der Waals surface area contributed by atoms with E-state index in [1.165, 1.54) is 19.5 Å². The highest BCUT2D eigenvalue weighted by Crippen LogP contribution is 2.31. The van der Waals surface area contributed by atoms with Crippen LogP contribution in [-0.4, -0.2) is 28.5 Å². The molecule has 0 saturated heterocycles. The molecule has 0 spiro atoms. The van der Waals surface area contributed by atoms with Gasteiger partial charge in [0, 0.05) is 28.6 Å². The Balaban J connectivity index is 2.47. The molecule has 2 aromatic rings. The molecular formula is C15H15ClN2O3. The van der Waals surface area contributed by atoms with Crippen molar-refractivity contribution >= 4 is 23.5 Å². The number of aliphatic hydroxyl groups is 1. The van der Waals surface area contributed by atoms with Crippen LogP contribution in [0.1, 0.15) is 16.8 Å². The zero-order chi connectivity index (χ0) is 15.4. The number of aromatic nitrogens is 1. The fourth-order valence-corrected chi connectivity index (χ4v) is 1.99. The molecule has 2 rings (SSSR count). The van der Waals surface area contributed by atoms with Crippen molar-refractivity contribution < 1.29 is 14.9 Å². The lowest BCUT2D eigenvalue weighted by Crippen LogP contribution is -1.97. The van der Waals surface area contributed by atoms with Gasteiger partial charge in [0.1, 0.15) is 17.2 Å². The summed E-state index contributed by atoms with van der Waals surface area (Å²) in [4.78, 5) is 8.28. The van der Waals surface area contributed by atoms with Gasteiger partial charge in [-0.15, -0.1) is 0 Å². The van der Waals surface area contributed by atoms with E-state index in [1.54, 1.807) is 25.1 Å². The van der Waals surface area contributed by atoms with Crippen molar-refractivity contribution in [2.24, 2.45) is 4.99 Å². The first-order valence-corrected chi connectivity index (χ1v) is 6.60. The van der Waals surface area contributed by atoms with Crippen LogP contribution in [0.2, 0.25) is 5.02 Å². The Morgan fingerprint density at radius 2 is 2.19 bits per heavy atom. The first-order valence-electron chi connectivity index (χ1n) is 6.22. The van der Waals surface area contributed by atoms with E-state index in [2.05, 4.69) is 9.98 Å². The van der Waals surface area contributed by atoms with Crippen LogP contribution < -0.4 is 4.74 Å². The molecule has 1 aromatic carbocycles. The maximum atomic E-state index is 10.0. The normalized spacial score (nSPS) is 11.0. The molecule has 110 valence electrons. The monoisotopic (exact) mass is 306 g/mol. The van der Waals surface area contributed by atoms with E-state index in [0.717, 1.165) is 0 Å². The molecule has 0 fully saturated rings. The topological polar surface area (TPSA) is 74.9 Å². The second kappa shape index (κ2) is 6.56. The number of rotatable bonds is 4. The van der Waals surface area contributed by atoms with E-state index in [0.29, 0.717) is 33.3 Å². The first-order chi connectivity index (χ1) is 10.1. The molecule has 6 heteroatoms. The van der Waals surface area contributed by atoms with Crippen LogP contribution >= 0.6 is 11.6 Å². The Morgan fingerprint density at radius 3 is 2.86 bits per heavy atom. The zero-order valence-electron chi connectivity index (χ0n) is 11.7. The highest BCUT2D eigenvalue weighted by molar-refractivity contribution is 6.30. The number of halogens is 1. The van der Waals surface area contributed by atoms with Crippen LogP contribution in [0.5, 0.6) is 11.5 Å². The van der Waals surface area contributed by atoms with Gasteiger partial charge >= 0.3 is 0 Å². The molecule has 0 unspecified atom stereocenters. The van der Waals surface area contributed by atoms with E-state index in [9.17, 15) is 10.2 Å². The van der Waals surface area contributed by atoms with Gasteiger partial charge < -0.3 is 14.9 Å². The van der Waals surface area contributed by atoms with Gasteiger partial charge in [0.25, 0.3) is 0 Å². The number of aliphatic hydroxyl groups excluding tert-OH is 1. The number of hydrogen-bond donors (Lipinski definition) is 2. The minimum absolute atomic E-state index is 0.00806. The molecule has 21 heavy (non-hydrogen) atoms. The highest BCUT2D eigenvalue weighted by Gasteiger charge is 2.10. The zero-order valence-corrected chi connectivity index (χ0v) is 12.4. The number of nitrogens with zero attached hydrogens (tertiary/aromatic N) is 2. The van der Waals surface area contributed by atoms with Gasteiger partial charge in [-0.05, 0) is 25.1 Å². The van der Waals surface area contributed by atoms with Crippen LogP contribution in [0.15, 0.2) is 29.4 Å². The molecular weight excluding hydrogens is 292 g/mol. The molecule has 0 aliphatic rings. The summed E-state index contributed by atoms with van der Waals surface area (Å²) >= 11 is 5.94. The van der Waals surface area contributed by atoms with Crippen LogP contribution in [0, 0.1) is 6.92 Å². The van der Waals surface area contributed by atoms with Crippen molar-refractivity contribution in [1.82, 2.24) is 4.98 Å². The molecule has 5 nitrogen and oxygen atoms in total. The summed E-state index contributed by atoms with van der Waals surface area (Å²) in [5.74, 6) is 0.553.